The van der Waals surface area contributed by atoms with Crippen LogP contribution in [0.5, 0.6) is 0 Å². The van der Waals surface area contributed by atoms with Gasteiger partial charge in [-0.05, 0) is 30.3 Å². The number of carbonyl (C=O) groups is 1. The van der Waals surface area contributed by atoms with Crippen LogP contribution in [0, 0.1) is 0 Å². The summed E-state index contributed by atoms with van der Waals surface area (Å²) >= 11 is 9.10. The van der Waals surface area contributed by atoms with Gasteiger partial charge in [0.1, 0.15) is 5.69 Å². The topological polar surface area (TPSA) is 30.0 Å². The molecule has 0 N–H and O–H groups in total. The summed E-state index contributed by atoms with van der Waals surface area (Å²) in [5, 5.41) is 0.220. The van der Waals surface area contributed by atoms with Crippen LogP contribution < -0.4 is 0 Å². The first-order chi connectivity index (χ1) is 9.29. The van der Waals surface area contributed by atoms with E-state index in [1.54, 1.807) is 6.07 Å². The maximum Gasteiger partial charge on any atom is 0.433 e. The Morgan fingerprint density at radius 1 is 1.20 bits per heavy atom. The van der Waals surface area contributed by atoms with E-state index in [2.05, 4.69) is 20.9 Å². The van der Waals surface area contributed by atoms with Crippen molar-refractivity contribution in [1.29, 1.82) is 0 Å². The zero-order valence-corrected chi connectivity index (χ0v) is 12.1. The van der Waals surface area contributed by atoms with Gasteiger partial charge in [-0.2, -0.15) is 13.2 Å². The van der Waals surface area contributed by atoms with E-state index in [1.807, 2.05) is 0 Å². The van der Waals surface area contributed by atoms with Gasteiger partial charge in [-0.3, -0.25) is 9.78 Å². The number of nitrogens with zero attached hydrogens (tertiary/aromatic N) is 1. The van der Waals surface area contributed by atoms with Crippen LogP contribution >= 0.6 is 27.5 Å². The van der Waals surface area contributed by atoms with Crippen LogP contribution in [0.3, 0.4) is 0 Å². The van der Waals surface area contributed by atoms with Crippen molar-refractivity contribution in [2.45, 2.75) is 6.18 Å². The second kappa shape index (κ2) is 5.54. The second-order valence-corrected chi connectivity index (χ2v) is 5.21. The Hall–Kier alpha value is -1.40. The highest BCUT2D eigenvalue weighted by atomic mass is 79.9. The molecule has 1 aromatic heterocycles. The summed E-state index contributed by atoms with van der Waals surface area (Å²) in [5.74, 6) is -0.488. The summed E-state index contributed by atoms with van der Waals surface area (Å²) in [6.45, 7) is 0. The van der Waals surface area contributed by atoms with E-state index >= 15 is 0 Å². The van der Waals surface area contributed by atoms with Crippen molar-refractivity contribution in [3.05, 3.63) is 62.8 Å². The fourth-order valence-corrected chi connectivity index (χ4v) is 2.09. The molecule has 0 amide bonds. The minimum atomic E-state index is -4.53. The van der Waals surface area contributed by atoms with Crippen molar-refractivity contribution in [1.82, 2.24) is 4.98 Å². The smallest absolute Gasteiger partial charge is 0.288 e. The summed E-state index contributed by atoms with van der Waals surface area (Å²) in [4.78, 5) is 15.4. The number of hydrogen-bond donors (Lipinski definition) is 0. The molecular weight excluding hydrogens is 359 g/mol. The highest BCUT2D eigenvalue weighted by Gasteiger charge is 2.32. The third-order valence-corrected chi connectivity index (χ3v) is 3.31. The fraction of sp³-hybridized carbons (Fsp3) is 0.0769. The van der Waals surface area contributed by atoms with Gasteiger partial charge in [-0.25, -0.2) is 0 Å². The monoisotopic (exact) mass is 363 g/mol. The standard InChI is InChI=1S/C13H6BrClF3NO/c14-8-2-3-10(15)9(5-8)12(20)7-1-4-11(19-6-7)13(16,17)18/h1-6H. The van der Waals surface area contributed by atoms with Gasteiger partial charge in [0.05, 0.1) is 5.02 Å². The summed E-state index contributed by atoms with van der Waals surface area (Å²) in [6.07, 6.45) is -3.64. The van der Waals surface area contributed by atoms with Gasteiger partial charge >= 0.3 is 6.18 Å². The lowest BCUT2D eigenvalue weighted by atomic mass is 10.0. The lowest BCUT2D eigenvalue weighted by Crippen LogP contribution is -2.09. The zero-order valence-electron chi connectivity index (χ0n) is 9.71. The zero-order chi connectivity index (χ0) is 14.9. The van der Waals surface area contributed by atoms with Crippen molar-refractivity contribution in [3.8, 4) is 0 Å². The van der Waals surface area contributed by atoms with Crippen LogP contribution in [0.1, 0.15) is 21.6 Å². The number of hydrogen-bond acceptors (Lipinski definition) is 2. The van der Waals surface area contributed by atoms with Gasteiger partial charge < -0.3 is 0 Å². The molecule has 104 valence electrons. The third kappa shape index (κ3) is 3.19. The average Bonchev–Trinajstić information content (AvgIpc) is 2.40. The lowest BCUT2D eigenvalue weighted by molar-refractivity contribution is -0.141. The fourth-order valence-electron chi connectivity index (χ4n) is 1.52. The van der Waals surface area contributed by atoms with Crippen LogP contribution in [-0.2, 0) is 6.18 Å². The molecule has 2 rings (SSSR count). The Kier molecular flexibility index (Phi) is 4.15. The van der Waals surface area contributed by atoms with E-state index in [0.29, 0.717) is 4.47 Å². The van der Waals surface area contributed by atoms with Crippen molar-refractivity contribution in [2.75, 3.05) is 0 Å². The molecule has 20 heavy (non-hydrogen) atoms. The Morgan fingerprint density at radius 2 is 1.90 bits per heavy atom. The Labute approximate surface area is 125 Å². The van der Waals surface area contributed by atoms with E-state index in [1.165, 1.54) is 12.1 Å². The summed E-state index contributed by atoms with van der Waals surface area (Å²) in [7, 11) is 0. The van der Waals surface area contributed by atoms with Crippen molar-refractivity contribution >= 4 is 33.3 Å². The second-order valence-electron chi connectivity index (χ2n) is 3.88. The lowest BCUT2D eigenvalue weighted by Gasteiger charge is -2.07. The van der Waals surface area contributed by atoms with E-state index in [9.17, 15) is 18.0 Å². The molecule has 0 radical (unpaired) electrons. The predicted octanol–water partition coefficient (Wildman–Crippen LogP) is 4.75. The van der Waals surface area contributed by atoms with Gasteiger partial charge in [0.25, 0.3) is 0 Å². The molecule has 0 aliphatic carbocycles. The van der Waals surface area contributed by atoms with E-state index in [0.717, 1.165) is 18.3 Å². The predicted molar refractivity (Wildman–Crippen MR) is 71.8 cm³/mol. The van der Waals surface area contributed by atoms with Crippen LogP contribution in [0.2, 0.25) is 5.02 Å². The summed E-state index contributed by atoms with van der Waals surface area (Å²) < 4.78 is 37.8. The van der Waals surface area contributed by atoms with Gasteiger partial charge in [0, 0.05) is 21.8 Å². The number of carbonyl (C=O) groups excluding carboxylic acids is 1. The van der Waals surface area contributed by atoms with E-state index in [4.69, 9.17) is 11.6 Å². The van der Waals surface area contributed by atoms with E-state index in [-0.39, 0.29) is 16.1 Å². The molecule has 0 saturated heterocycles. The van der Waals surface area contributed by atoms with Crippen molar-refractivity contribution in [3.63, 3.8) is 0 Å². The highest BCUT2D eigenvalue weighted by Crippen LogP contribution is 2.28. The molecule has 0 spiro atoms. The first-order valence-electron chi connectivity index (χ1n) is 5.32. The van der Waals surface area contributed by atoms with Gasteiger partial charge in [-0.15, -0.1) is 0 Å². The van der Waals surface area contributed by atoms with Crippen molar-refractivity contribution in [2.24, 2.45) is 0 Å². The molecule has 2 nitrogen and oxygen atoms in total. The molecule has 0 bridgehead atoms. The molecule has 0 aliphatic rings. The normalized spacial score (nSPS) is 11.4. The van der Waals surface area contributed by atoms with Gasteiger partial charge in [-0.1, -0.05) is 27.5 Å². The van der Waals surface area contributed by atoms with Crippen molar-refractivity contribution < 1.29 is 18.0 Å². The molecule has 1 heterocycles. The number of benzene rings is 1. The first kappa shape index (κ1) is 15.0. The number of halogens is 5. The molecule has 2 aromatic rings. The van der Waals surface area contributed by atoms with E-state index < -0.39 is 17.7 Å². The SMILES string of the molecule is O=C(c1ccc(C(F)(F)F)nc1)c1cc(Br)ccc1Cl. The van der Waals surface area contributed by atoms with Crippen LogP contribution in [0.15, 0.2) is 41.0 Å². The number of pyridine rings is 1. The molecule has 0 unspecified atom stereocenters. The number of ketones is 1. The number of aromatic nitrogens is 1. The largest absolute Gasteiger partial charge is 0.433 e. The Balaban J connectivity index is 2.37. The average molecular weight is 365 g/mol. The molecule has 0 aliphatic heterocycles. The maximum absolute atomic E-state index is 12.4. The maximum atomic E-state index is 12.4. The van der Waals surface area contributed by atoms with Gasteiger partial charge in [0.15, 0.2) is 5.78 Å². The number of alkyl halides is 3. The Morgan fingerprint density at radius 3 is 2.45 bits per heavy atom. The third-order valence-electron chi connectivity index (χ3n) is 2.49. The quantitative estimate of drug-likeness (QED) is 0.720. The van der Waals surface area contributed by atoms with Crippen LogP contribution in [0.4, 0.5) is 13.2 Å². The first-order valence-corrected chi connectivity index (χ1v) is 6.49. The highest BCUT2D eigenvalue weighted by molar-refractivity contribution is 9.10. The minimum Gasteiger partial charge on any atom is -0.288 e. The minimum absolute atomic E-state index is 0.0398. The summed E-state index contributed by atoms with van der Waals surface area (Å²) in [6, 6.07) is 6.53. The molecule has 1 aromatic carbocycles. The summed E-state index contributed by atoms with van der Waals surface area (Å²) in [5.41, 5.74) is -0.810. The van der Waals surface area contributed by atoms with Crippen LogP contribution in [-0.4, -0.2) is 10.8 Å². The molecule has 0 saturated carbocycles. The molecular formula is C13H6BrClF3NO. The number of rotatable bonds is 2. The Bertz CT molecular complexity index is 656. The molecule has 0 atom stereocenters. The molecule has 7 heteroatoms. The molecule has 0 fully saturated rings. The van der Waals surface area contributed by atoms with Crippen LogP contribution in [0.25, 0.3) is 0 Å². The van der Waals surface area contributed by atoms with Gasteiger partial charge in [0.2, 0.25) is 0 Å².